The predicted molar refractivity (Wildman–Crippen MR) is 489 cm³/mol. The smallest absolute Gasteiger partial charge is 0.272 e. The van der Waals surface area contributed by atoms with Gasteiger partial charge in [0.15, 0.2) is 58.0 Å². The van der Waals surface area contributed by atoms with E-state index in [9.17, 15) is 73.5 Å². The quantitative estimate of drug-likeness (QED) is 0.0194. The maximum absolute atomic E-state index is 13.7. The van der Waals surface area contributed by atoms with Crippen LogP contribution >= 0.6 is 0 Å². The van der Waals surface area contributed by atoms with Crippen LogP contribution in [0.5, 0.6) is 0 Å². The number of nitrogen functional groups attached to an aromatic ring is 4. The number of nitrogens with two attached hydrogens (primary N) is 4. The first kappa shape index (κ1) is 96.1. The minimum Gasteiger partial charge on any atom is -0.383 e. The number of aryl methyl sites for hydroxylation is 3. The molecule has 136 heavy (non-hydrogen) atoms. The fourth-order valence-electron chi connectivity index (χ4n) is 14.2. The Kier molecular flexibility index (Phi) is 31.8. The van der Waals surface area contributed by atoms with Crippen molar-refractivity contribution in [2.45, 2.75) is 89.3 Å². The molecule has 4 atom stereocenters. The summed E-state index contributed by atoms with van der Waals surface area (Å²) >= 11 is 0. The number of aromatic nitrogens is 12. The first-order valence-electron chi connectivity index (χ1n) is 41.8. The number of anilines is 4. The summed E-state index contributed by atoms with van der Waals surface area (Å²) in [5.74, 6) is -10.4. The summed E-state index contributed by atoms with van der Waals surface area (Å²) < 4.78 is 110. The van der Waals surface area contributed by atoms with E-state index in [2.05, 4.69) is 92.8 Å². The molecule has 0 saturated heterocycles. The van der Waals surface area contributed by atoms with Crippen molar-refractivity contribution in [3.05, 3.63) is 369 Å². The number of hydrogen-bond acceptors (Lipinski definition) is 22. The summed E-state index contributed by atoms with van der Waals surface area (Å²) in [5.41, 5.74) is 29.5. The van der Waals surface area contributed by atoms with Crippen molar-refractivity contribution in [3.8, 4) is 0 Å². The lowest BCUT2D eigenvalue weighted by Crippen LogP contribution is -2.48. The first-order valence-corrected chi connectivity index (χ1v) is 41.8. The van der Waals surface area contributed by atoms with Gasteiger partial charge in [-0.1, -0.05) is 78.9 Å². The number of carbonyl (C=O) groups is 8. The molecule has 0 aliphatic rings. The second kappa shape index (κ2) is 44.9. The van der Waals surface area contributed by atoms with Crippen molar-refractivity contribution < 1.29 is 73.5 Å². The van der Waals surface area contributed by atoms with Gasteiger partial charge in [-0.25, -0.2) is 55.1 Å². The number of pyridine rings is 4. The summed E-state index contributed by atoms with van der Waals surface area (Å²) in [6, 6.07) is 46.3. The molecule has 0 fully saturated rings. The fraction of sp³-hybridized carbons (Fsp3) is 0.155. The molecule has 0 aliphatic heterocycles. The van der Waals surface area contributed by atoms with E-state index in [0.29, 0.717) is 57.6 Å². The van der Waals surface area contributed by atoms with Crippen molar-refractivity contribution in [1.82, 2.24) is 97.5 Å². The van der Waals surface area contributed by atoms with Crippen molar-refractivity contribution in [2.75, 3.05) is 22.9 Å². The van der Waals surface area contributed by atoms with Gasteiger partial charge in [0, 0.05) is 117 Å². The van der Waals surface area contributed by atoms with Gasteiger partial charge in [-0.2, -0.15) is 25.5 Å². The molecule has 8 heterocycles. The molecule has 0 bridgehead atoms. The molecule has 16 N–H and O–H groups in total. The van der Waals surface area contributed by atoms with Crippen LogP contribution in [0.2, 0.25) is 0 Å². The van der Waals surface area contributed by atoms with E-state index >= 15 is 0 Å². The Hall–Kier alpha value is -17.4. The lowest BCUT2D eigenvalue weighted by Gasteiger charge is -2.19. The number of nitrogens with zero attached hydrogens (tertiary/aromatic N) is 11. The first-order chi connectivity index (χ1) is 65.4. The van der Waals surface area contributed by atoms with Crippen molar-refractivity contribution >= 4 is 113 Å². The Morgan fingerprint density at radius 3 is 1.09 bits per heavy atom. The third kappa shape index (κ3) is 26.0. The third-order valence-corrected chi connectivity index (χ3v) is 21.3. The molecule has 31 nitrogen and oxygen atoms in total. The number of amides is 7. The Labute approximate surface area is 769 Å². The van der Waals surface area contributed by atoms with Gasteiger partial charge in [-0.15, -0.1) is 5.10 Å². The molecule has 0 saturated carbocycles. The number of hydrogen-bond donors (Lipinski definition) is 12. The predicted octanol–water partition coefficient (Wildman–Crippen LogP) is 11.2. The molecule has 0 spiro atoms. The highest BCUT2D eigenvalue weighted by atomic mass is 19.2. The Morgan fingerprint density at radius 2 is 0.728 bits per heavy atom. The highest BCUT2D eigenvalue weighted by Gasteiger charge is 2.29. The summed E-state index contributed by atoms with van der Waals surface area (Å²) in [4.78, 5) is 119. The highest BCUT2D eigenvalue weighted by molar-refractivity contribution is 6.01. The maximum atomic E-state index is 13.7. The molecule has 7 amide bonds. The van der Waals surface area contributed by atoms with Gasteiger partial charge in [0.25, 0.3) is 23.6 Å². The molecule has 16 aromatic rings. The third-order valence-electron chi connectivity index (χ3n) is 21.3. The molecule has 0 unspecified atom stereocenters. The molecule has 16 rings (SSSR count). The van der Waals surface area contributed by atoms with E-state index in [-0.39, 0.29) is 80.2 Å². The van der Waals surface area contributed by atoms with Crippen LogP contribution < -0.4 is 60.2 Å². The average molecular weight is 1850 g/mol. The van der Waals surface area contributed by atoms with E-state index < -0.39 is 112 Å². The molecular weight excluding hydrogens is 1770 g/mol. The highest BCUT2D eigenvalue weighted by Crippen LogP contribution is 2.27. The number of benzene rings is 8. The van der Waals surface area contributed by atoms with Gasteiger partial charge < -0.3 is 60.2 Å². The van der Waals surface area contributed by atoms with E-state index in [1.54, 1.807) is 51.0 Å². The second-order valence-electron chi connectivity index (χ2n) is 31.1. The molecule has 39 heteroatoms. The standard InChI is InChI=1S/C25H21F2N5O2.2C24H22F2N6O2.C24H20F2N6O2/c26-19-7-4-16(13-20(19)27)14-22(31-25(34)21-2-1-10-30-32-21)23(33)8-5-15-3-6-18-17(12-15)9-11-29-24(18)28;1-32-9-7-20(31-32)24(34)30-21(12-14-3-5-18(25)19(26)11-14)23(33)29-13-15-2-4-17-16(10-15)6-8-28-22(17)27;1-13-8-21(32-31-13)24(34)30-20(11-14-3-5-18(25)19(26)10-14)23(33)29-12-15-2-4-17-16(9-15)6-7-28-22(17)27;25-19-4-2-14(10-20(19)26)11-21(32-23(33)17-6-8-30-31-13-17)24(34)29-12-15-1-3-18-16(9-15)5-7-28-22(18)27/h1-4,6-7,9-13,22H,5,8,14H2,(H2,28,29)(H,31,34);2-11,21H,12-13H2,1H3,(H2,27,28)(H,29,33)(H,30,34);2-10,20H,11-12H2,1H3,(H2,27,28)(H,29,33)(H,30,34)(H,31,32);1-10,13,21H,11-12H2,(H2,27,28)(H,29,34)(H,32,33)/t22-;21-;20-;21-/m0000/s1. The van der Waals surface area contributed by atoms with Gasteiger partial charge in [0.1, 0.15) is 52.8 Å². The van der Waals surface area contributed by atoms with Crippen molar-refractivity contribution in [1.29, 1.82) is 0 Å². The molecule has 692 valence electrons. The number of fused-ring (bicyclic) bond motifs is 4. The molecule has 8 aromatic carbocycles. The van der Waals surface area contributed by atoms with Gasteiger partial charge >= 0.3 is 0 Å². The molecular formula is C97H85F8N23O8. The summed E-state index contributed by atoms with van der Waals surface area (Å²) in [6.07, 6.45) is 12.5. The van der Waals surface area contributed by atoms with Crippen LogP contribution in [0.25, 0.3) is 43.1 Å². The van der Waals surface area contributed by atoms with E-state index in [1.807, 2.05) is 97.1 Å². The number of carbonyl (C=O) groups excluding carboxylic acids is 8. The normalized spacial score (nSPS) is 11.8. The van der Waals surface area contributed by atoms with Gasteiger partial charge in [0.05, 0.1) is 24.0 Å². The van der Waals surface area contributed by atoms with Gasteiger partial charge in [-0.05, 0) is 207 Å². The minimum absolute atomic E-state index is 0.00194. The number of nitrogens with one attached hydrogen (secondary N) is 8. The van der Waals surface area contributed by atoms with Crippen molar-refractivity contribution in [2.24, 2.45) is 7.05 Å². The zero-order chi connectivity index (χ0) is 96.6. The number of rotatable bonds is 29. The topological polar surface area (TPSA) is 474 Å². The average Bonchev–Trinajstić information content (AvgIpc) is 0.962. The van der Waals surface area contributed by atoms with E-state index in [1.165, 1.54) is 71.8 Å². The number of H-pyrrole nitrogens is 1. The maximum Gasteiger partial charge on any atom is 0.272 e. The van der Waals surface area contributed by atoms with Crippen LogP contribution in [0.15, 0.2) is 250 Å². The Morgan fingerprint density at radius 1 is 0.360 bits per heavy atom. The fourth-order valence-corrected chi connectivity index (χ4v) is 14.2. The number of Topliss-reactive ketones (excluding diaryl/α,β-unsaturated/α-hetero) is 1. The molecule has 0 aliphatic carbocycles. The second-order valence-corrected chi connectivity index (χ2v) is 31.1. The zero-order valence-corrected chi connectivity index (χ0v) is 72.4. The van der Waals surface area contributed by atoms with Crippen LogP contribution in [0, 0.1) is 53.5 Å². The van der Waals surface area contributed by atoms with E-state index in [4.69, 9.17) is 22.9 Å². The monoisotopic (exact) mass is 1850 g/mol. The number of ketones is 1. The van der Waals surface area contributed by atoms with Crippen LogP contribution in [-0.4, -0.2) is 132 Å². The van der Waals surface area contributed by atoms with Crippen LogP contribution in [-0.2, 0) is 78.0 Å². The summed E-state index contributed by atoms with van der Waals surface area (Å²) in [6.45, 7) is 2.29. The Balaban J connectivity index is 0.000000153. The molecule has 0 radical (unpaired) electrons. The van der Waals surface area contributed by atoms with Crippen LogP contribution in [0.4, 0.5) is 58.4 Å². The lowest BCUT2D eigenvalue weighted by atomic mass is 9.96. The van der Waals surface area contributed by atoms with Crippen molar-refractivity contribution in [3.63, 3.8) is 0 Å². The van der Waals surface area contributed by atoms with Gasteiger partial charge in [-0.3, -0.25) is 48.1 Å². The van der Waals surface area contributed by atoms with Crippen LogP contribution in [0.1, 0.15) is 98.4 Å². The summed E-state index contributed by atoms with van der Waals surface area (Å²) in [7, 11) is 1.66. The Bertz CT molecular complexity index is 6690. The van der Waals surface area contributed by atoms with E-state index in [0.717, 1.165) is 114 Å². The SMILES string of the molecule is Cc1cc(C(=O)N[C@@H](Cc2ccc(F)c(F)c2)C(=O)NCc2ccc3c(N)nccc3c2)n[nH]1.Cn1ccc(C(=O)N[C@@H](Cc2ccc(F)c(F)c2)C(=O)NCc2ccc3c(N)nccc3c2)n1.Nc1nccc2cc(CCC(=O)[C@H](Cc3ccc(F)c(F)c3)NC(=O)c3cccnn3)ccc12.Nc1nccc2cc(CNC(=O)[C@H](Cc3ccc(F)c(F)c3)NC(=O)c3ccnnc3)ccc12. The summed E-state index contributed by atoms with van der Waals surface area (Å²) in [5, 5.41) is 51.0. The number of aromatic amines is 1. The largest absolute Gasteiger partial charge is 0.383 e. The minimum atomic E-state index is -1.05. The number of halogens is 8. The lowest BCUT2D eigenvalue weighted by molar-refractivity contribution is -0.123. The molecule has 8 aromatic heterocycles. The zero-order valence-electron chi connectivity index (χ0n) is 72.4. The van der Waals surface area contributed by atoms with Gasteiger partial charge in [0.2, 0.25) is 17.7 Å². The van der Waals surface area contributed by atoms with Crippen LogP contribution in [0.3, 0.4) is 0 Å².